The Hall–Kier alpha value is -0.150. The fourth-order valence-corrected chi connectivity index (χ4v) is 1.31. The van der Waals surface area contributed by atoms with Crippen LogP contribution < -0.4 is 5.73 Å². The van der Waals surface area contributed by atoms with Gasteiger partial charge in [0.25, 0.3) is 0 Å². The number of nitrogens with two attached hydrogens (primary N) is 1. The molecule has 0 aromatic heterocycles. The predicted octanol–water partition coefficient (Wildman–Crippen LogP) is 0.376. The zero-order chi connectivity index (χ0) is 7.72. The molecule has 0 aliphatic carbocycles. The Bertz CT molecular complexity index is 92.2. The molecule has 1 aliphatic heterocycles. The summed E-state index contributed by atoms with van der Waals surface area (Å²) in [4.78, 5) is 2.10. The lowest BCUT2D eigenvalue weighted by Gasteiger charge is -2.35. The Labute approximate surface area is 61.2 Å². The van der Waals surface area contributed by atoms with Crippen molar-refractivity contribution >= 4 is 0 Å². The minimum Gasteiger partial charge on any atom is -0.324 e. The van der Waals surface area contributed by atoms with Crippen LogP contribution in [0.15, 0.2) is 0 Å². The normalized spacial score (nSPS) is 43.8. The molecule has 10 heavy (non-hydrogen) atoms. The maximum atomic E-state index is 12.8. The van der Waals surface area contributed by atoms with Gasteiger partial charge in [0.15, 0.2) is 0 Å². The molecule has 0 spiro atoms. The van der Waals surface area contributed by atoms with Crippen LogP contribution in [0.25, 0.3) is 0 Å². The SMILES string of the molecule is C[C@H]1C[C@H](F)C(N)CN1C. The largest absolute Gasteiger partial charge is 0.324 e. The van der Waals surface area contributed by atoms with Gasteiger partial charge in [-0.25, -0.2) is 4.39 Å². The molecule has 0 bridgehead atoms. The first kappa shape index (κ1) is 7.95. The molecule has 0 amide bonds. The van der Waals surface area contributed by atoms with E-state index in [0.717, 1.165) is 0 Å². The van der Waals surface area contributed by atoms with Crippen molar-refractivity contribution in [3.05, 3.63) is 0 Å². The van der Waals surface area contributed by atoms with Crippen molar-refractivity contribution in [2.75, 3.05) is 13.6 Å². The van der Waals surface area contributed by atoms with E-state index < -0.39 is 6.17 Å². The Kier molecular flexibility index (Phi) is 2.26. The van der Waals surface area contributed by atoms with E-state index in [1.807, 2.05) is 14.0 Å². The molecule has 0 aromatic rings. The van der Waals surface area contributed by atoms with Crippen molar-refractivity contribution in [2.45, 2.75) is 31.6 Å². The highest BCUT2D eigenvalue weighted by Gasteiger charge is 2.28. The second-order valence-corrected chi connectivity index (χ2v) is 3.20. The monoisotopic (exact) mass is 146 g/mol. The third-order valence-corrected chi connectivity index (χ3v) is 2.28. The zero-order valence-corrected chi connectivity index (χ0v) is 6.55. The highest BCUT2D eigenvalue weighted by atomic mass is 19.1. The molecular formula is C7H15FN2. The molecule has 1 aliphatic rings. The third-order valence-electron chi connectivity index (χ3n) is 2.28. The van der Waals surface area contributed by atoms with Gasteiger partial charge in [-0.3, -0.25) is 0 Å². The fourth-order valence-electron chi connectivity index (χ4n) is 1.31. The van der Waals surface area contributed by atoms with Crippen LogP contribution in [0.3, 0.4) is 0 Å². The molecule has 1 heterocycles. The number of halogens is 1. The molecule has 3 atom stereocenters. The van der Waals surface area contributed by atoms with E-state index in [0.29, 0.717) is 19.0 Å². The number of rotatable bonds is 0. The van der Waals surface area contributed by atoms with Crippen LogP contribution in [0.4, 0.5) is 4.39 Å². The number of alkyl halides is 1. The van der Waals surface area contributed by atoms with Gasteiger partial charge in [0.2, 0.25) is 0 Å². The minimum atomic E-state index is -0.800. The zero-order valence-electron chi connectivity index (χ0n) is 6.55. The maximum absolute atomic E-state index is 12.8. The van der Waals surface area contributed by atoms with Crippen LogP contribution in [0, 0.1) is 0 Å². The van der Waals surface area contributed by atoms with Gasteiger partial charge in [-0.1, -0.05) is 0 Å². The van der Waals surface area contributed by atoms with Crippen LogP contribution in [0.1, 0.15) is 13.3 Å². The lowest BCUT2D eigenvalue weighted by atomic mass is 9.99. The van der Waals surface area contributed by atoms with E-state index in [4.69, 9.17) is 5.73 Å². The Morgan fingerprint density at radius 3 is 2.70 bits per heavy atom. The molecule has 1 saturated heterocycles. The van der Waals surface area contributed by atoms with Crippen molar-refractivity contribution < 1.29 is 4.39 Å². The Balaban J connectivity index is 2.46. The van der Waals surface area contributed by atoms with Crippen LogP contribution in [0.2, 0.25) is 0 Å². The Morgan fingerprint density at radius 2 is 2.20 bits per heavy atom. The van der Waals surface area contributed by atoms with Crippen molar-refractivity contribution in [3.63, 3.8) is 0 Å². The summed E-state index contributed by atoms with van der Waals surface area (Å²) >= 11 is 0. The summed E-state index contributed by atoms with van der Waals surface area (Å²) in [5.41, 5.74) is 5.51. The number of hydrogen-bond donors (Lipinski definition) is 1. The summed E-state index contributed by atoms with van der Waals surface area (Å²) in [6.45, 7) is 2.71. The second kappa shape index (κ2) is 2.84. The summed E-state index contributed by atoms with van der Waals surface area (Å²) < 4.78 is 12.8. The van der Waals surface area contributed by atoms with Crippen LogP contribution >= 0.6 is 0 Å². The molecule has 0 aromatic carbocycles. The first-order valence-electron chi connectivity index (χ1n) is 3.71. The van der Waals surface area contributed by atoms with Crippen molar-refractivity contribution in [3.8, 4) is 0 Å². The lowest BCUT2D eigenvalue weighted by molar-refractivity contribution is 0.103. The van der Waals surface area contributed by atoms with Crippen molar-refractivity contribution in [1.82, 2.24) is 4.90 Å². The molecule has 1 fully saturated rings. The van der Waals surface area contributed by atoms with E-state index >= 15 is 0 Å². The summed E-state index contributed by atoms with van der Waals surface area (Å²) in [6, 6.07) is 0.0657. The first-order chi connectivity index (χ1) is 4.61. The number of likely N-dealkylation sites (tertiary alicyclic amines) is 1. The third kappa shape index (κ3) is 1.47. The van der Waals surface area contributed by atoms with Gasteiger partial charge >= 0.3 is 0 Å². The molecule has 60 valence electrons. The molecule has 0 saturated carbocycles. The van der Waals surface area contributed by atoms with Gasteiger partial charge in [0, 0.05) is 18.6 Å². The fraction of sp³-hybridized carbons (Fsp3) is 1.00. The highest BCUT2D eigenvalue weighted by molar-refractivity contribution is 4.85. The van der Waals surface area contributed by atoms with Gasteiger partial charge in [-0.05, 0) is 20.4 Å². The van der Waals surface area contributed by atoms with E-state index in [1.54, 1.807) is 0 Å². The van der Waals surface area contributed by atoms with Gasteiger partial charge in [-0.2, -0.15) is 0 Å². The summed E-state index contributed by atoms with van der Waals surface area (Å²) in [6.07, 6.45) is -0.219. The van der Waals surface area contributed by atoms with E-state index in [1.165, 1.54) is 0 Å². The number of nitrogens with zero attached hydrogens (tertiary/aromatic N) is 1. The van der Waals surface area contributed by atoms with Crippen molar-refractivity contribution in [2.24, 2.45) is 5.73 Å². The van der Waals surface area contributed by atoms with Gasteiger partial charge in [0.1, 0.15) is 6.17 Å². The first-order valence-corrected chi connectivity index (χ1v) is 3.71. The highest BCUT2D eigenvalue weighted by Crippen LogP contribution is 2.16. The predicted molar refractivity (Wildman–Crippen MR) is 39.6 cm³/mol. The van der Waals surface area contributed by atoms with E-state index in [-0.39, 0.29) is 6.04 Å². The van der Waals surface area contributed by atoms with Crippen LogP contribution in [0.5, 0.6) is 0 Å². The number of piperidine rings is 1. The molecule has 0 radical (unpaired) electrons. The molecule has 2 nitrogen and oxygen atoms in total. The minimum absolute atomic E-state index is 0.277. The Morgan fingerprint density at radius 1 is 1.60 bits per heavy atom. The number of hydrogen-bond acceptors (Lipinski definition) is 2. The van der Waals surface area contributed by atoms with Gasteiger partial charge < -0.3 is 10.6 Å². The van der Waals surface area contributed by atoms with Crippen LogP contribution in [-0.4, -0.2) is 36.7 Å². The van der Waals surface area contributed by atoms with Gasteiger partial charge in [0.05, 0.1) is 0 Å². The maximum Gasteiger partial charge on any atom is 0.118 e. The van der Waals surface area contributed by atoms with E-state index in [2.05, 4.69) is 4.90 Å². The molecular weight excluding hydrogens is 131 g/mol. The molecule has 2 N–H and O–H groups in total. The topological polar surface area (TPSA) is 29.3 Å². The number of likely N-dealkylation sites (N-methyl/N-ethyl adjacent to an activating group) is 1. The second-order valence-electron chi connectivity index (χ2n) is 3.20. The lowest BCUT2D eigenvalue weighted by Crippen LogP contribution is -2.51. The molecule has 1 rings (SSSR count). The van der Waals surface area contributed by atoms with E-state index in [9.17, 15) is 4.39 Å². The average molecular weight is 146 g/mol. The van der Waals surface area contributed by atoms with Gasteiger partial charge in [-0.15, -0.1) is 0 Å². The molecule has 1 unspecified atom stereocenters. The molecule has 3 heteroatoms. The average Bonchev–Trinajstić information content (AvgIpc) is 1.84. The standard InChI is InChI=1S/C7H15FN2/c1-5-3-6(8)7(9)4-10(5)2/h5-7H,3-4,9H2,1-2H3/t5-,6-,7?/m0/s1. The summed E-state index contributed by atoms with van der Waals surface area (Å²) in [7, 11) is 1.98. The quantitative estimate of drug-likeness (QED) is 0.535. The summed E-state index contributed by atoms with van der Waals surface area (Å²) in [5, 5.41) is 0. The van der Waals surface area contributed by atoms with Crippen LogP contribution in [-0.2, 0) is 0 Å². The smallest absolute Gasteiger partial charge is 0.118 e. The van der Waals surface area contributed by atoms with Crippen molar-refractivity contribution in [1.29, 1.82) is 0 Å². The summed E-state index contributed by atoms with van der Waals surface area (Å²) in [5.74, 6) is 0.